The van der Waals surface area contributed by atoms with Gasteiger partial charge in [0.1, 0.15) is 0 Å². The minimum absolute atomic E-state index is 0.180. The molecule has 0 aromatic carbocycles. The summed E-state index contributed by atoms with van der Waals surface area (Å²) in [4.78, 5) is 19.7. The van der Waals surface area contributed by atoms with Gasteiger partial charge < -0.3 is 4.90 Å². The Morgan fingerprint density at radius 1 is 1.47 bits per heavy atom. The zero-order valence-electron chi connectivity index (χ0n) is 10.8. The zero-order valence-corrected chi connectivity index (χ0v) is 12.5. The van der Waals surface area contributed by atoms with Crippen LogP contribution >= 0.6 is 22.7 Å². The Hall–Kier alpha value is -1.20. The molecule has 0 bridgehead atoms. The quantitative estimate of drug-likeness (QED) is 0.848. The number of thiazole rings is 1. The summed E-state index contributed by atoms with van der Waals surface area (Å²) < 4.78 is 0. The van der Waals surface area contributed by atoms with Gasteiger partial charge in [0.05, 0.1) is 9.88 Å². The van der Waals surface area contributed by atoms with Crippen molar-refractivity contribution in [1.29, 1.82) is 0 Å². The monoisotopic (exact) mass is 292 g/mol. The molecule has 1 saturated heterocycles. The fourth-order valence-corrected chi connectivity index (χ4v) is 4.13. The first-order valence-electron chi connectivity index (χ1n) is 6.48. The first-order chi connectivity index (χ1) is 9.24. The van der Waals surface area contributed by atoms with E-state index in [2.05, 4.69) is 4.98 Å². The van der Waals surface area contributed by atoms with Crippen molar-refractivity contribution in [2.24, 2.45) is 0 Å². The van der Waals surface area contributed by atoms with Crippen LogP contribution in [0.5, 0.6) is 0 Å². The van der Waals surface area contributed by atoms with Gasteiger partial charge in [-0.25, -0.2) is 4.98 Å². The summed E-state index contributed by atoms with van der Waals surface area (Å²) in [5, 5.41) is 5.22. The molecule has 0 aliphatic carbocycles. The SMILES string of the molecule is Cc1csc(C(=O)N2CCCC(c3nccs3)C2)c1. The summed E-state index contributed by atoms with van der Waals surface area (Å²) in [7, 11) is 0. The number of nitrogens with zero attached hydrogens (tertiary/aromatic N) is 2. The summed E-state index contributed by atoms with van der Waals surface area (Å²) in [6, 6.07) is 1.99. The van der Waals surface area contributed by atoms with Crippen LogP contribution in [0.25, 0.3) is 0 Å². The van der Waals surface area contributed by atoms with Crippen LogP contribution in [0.1, 0.15) is 39.0 Å². The van der Waals surface area contributed by atoms with Crippen LogP contribution in [0.2, 0.25) is 0 Å². The number of amides is 1. The lowest BCUT2D eigenvalue weighted by molar-refractivity contribution is 0.0712. The molecule has 1 atom stereocenters. The lowest BCUT2D eigenvalue weighted by atomic mass is 9.98. The molecular weight excluding hydrogens is 276 g/mol. The molecule has 1 amide bonds. The van der Waals surface area contributed by atoms with E-state index in [0.717, 1.165) is 30.8 Å². The molecule has 1 aliphatic heterocycles. The molecule has 3 nitrogen and oxygen atoms in total. The standard InChI is InChI=1S/C14H16N2OS2/c1-10-7-12(19-9-10)14(17)16-5-2-3-11(8-16)13-15-4-6-18-13/h4,6-7,9,11H,2-3,5,8H2,1H3. The number of rotatable bonds is 2. The minimum Gasteiger partial charge on any atom is -0.337 e. The first-order valence-corrected chi connectivity index (χ1v) is 8.24. The predicted molar refractivity (Wildman–Crippen MR) is 79.0 cm³/mol. The van der Waals surface area contributed by atoms with Gasteiger partial charge in [0.2, 0.25) is 0 Å². The third-order valence-electron chi connectivity index (χ3n) is 3.45. The fraction of sp³-hybridized carbons (Fsp3) is 0.429. The van der Waals surface area contributed by atoms with Gasteiger partial charge in [0, 0.05) is 30.6 Å². The Bertz CT molecular complexity index is 562. The van der Waals surface area contributed by atoms with Crippen molar-refractivity contribution in [1.82, 2.24) is 9.88 Å². The van der Waals surface area contributed by atoms with E-state index in [0.29, 0.717) is 5.92 Å². The molecule has 1 aliphatic rings. The van der Waals surface area contributed by atoms with E-state index in [1.807, 2.05) is 34.8 Å². The van der Waals surface area contributed by atoms with Gasteiger partial charge in [-0.2, -0.15) is 0 Å². The van der Waals surface area contributed by atoms with Crippen molar-refractivity contribution in [2.75, 3.05) is 13.1 Å². The Balaban J connectivity index is 1.73. The Morgan fingerprint density at radius 3 is 3.05 bits per heavy atom. The molecule has 0 radical (unpaired) electrons. The Labute approximate surface area is 120 Å². The minimum atomic E-state index is 0.180. The van der Waals surface area contributed by atoms with Crippen LogP contribution in [0, 0.1) is 6.92 Å². The average Bonchev–Trinajstić information content (AvgIpc) is 3.09. The van der Waals surface area contributed by atoms with Crippen molar-refractivity contribution in [3.8, 4) is 0 Å². The van der Waals surface area contributed by atoms with Gasteiger partial charge in [-0.05, 0) is 36.8 Å². The first kappa shape index (κ1) is 12.8. The molecule has 0 N–H and O–H groups in total. The lowest BCUT2D eigenvalue weighted by Crippen LogP contribution is -2.38. The summed E-state index contributed by atoms with van der Waals surface area (Å²) in [5.41, 5.74) is 1.17. The third kappa shape index (κ3) is 2.72. The van der Waals surface area contributed by atoms with E-state index in [1.165, 1.54) is 10.6 Å². The Morgan fingerprint density at radius 2 is 2.37 bits per heavy atom. The fourth-order valence-electron chi connectivity index (χ4n) is 2.50. The molecule has 0 saturated carbocycles. The van der Waals surface area contributed by atoms with Crippen LogP contribution < -0.4 is 0 Å². The highest BCUT2D eigenvalue weighted by molar-refractivity contribution is 7.12. The molecule has 19 heavy (non-hydrogen) atoms. The maximum atomic E-state index is 12.4. The van der Waals surface area contributed by atoms with E-state index >= 15 is 0 Å². The molecule has 0 spiro atoms. The molecular formula is C14H16N2OS2. The van der Waals surface area contributed by atoms with Crippen molar-refractivity contribution in [3.05, 3.63) is 38.5 Å². The number of aryl methyl sites for hydroxylation is 1. The second-order valence-corrected chi connectivity index (χ2v) is 6.79. The number of thiophene rings is 1. The van der Waals surface area contributed by atoms with Crippen LogP contribution in [0.15, 0.2) is 23.0 Å². The highest BCUT2D eigenvalue weighted by Crippen LogP contribution is 2.29. The molecule has 5 heteroatoms. The molecule has 2 aromatic rings. The van der Waals surface area contributed by atoms with E-state index in [4.69, 9.17) is 0 Å². The number of hydrogen-bond donors (Lipinski definition) is 0. The Kier molecular flexibility index (Phi) is 3.66. The summed E-state index contributed by atoms with van der Waals surface area (Å²) in [5.74, 6) is 0.595. The van der Waals surface area contributed by atoms with Crippen molar-refractivity contribution in [2.45, 2.75) is 25.7 Å². The van der Waals surface area contributed by atoms with Crippen molar-refractivity contribution < 1.29 is 4.79 Å². The molecule has 1 unspecified atom stereocenters. The smallest absolute Gasteiger partial charge is 0.263 e. The molecule has 2 aromatic heterocycles. The number of piperidine rings is 1. The largest absolute Gasteiger partial charge is 0.337 e. The average molecular weight is 292 g/mol. The maximum Gasteiger partial charge on any atom is 0.263 e. The highest BCUT2D eigenvalue weighted by Gasteiger charge is 2.27. The lowest BCUT2D eigenvalue weighted by Gasteiger charge is -2.31. The molecule has 100 valence electrons. The topological polar surface area (TPSA) is 33.2 Å². The van der Waals surface area contributed by atoms with E-state index in [9.17, 15) is 4.79 Å². The molecule has 3 heterocycles. The van der Waals surface area contributed by atoms with E-state index in [-0.39, 0.29) is 5.91 Å². The van der Waals surface area contributed by atoms with Gasteiger partial charge in [0.25, 0.3) is 5.91 Å². The van der Waals surface area contributed by atoms with Gasteiger partial charge in [-0.15, -0.1) is 22.7 Å². The van der Waals surface area contributed by atoms with Crippen LogP contribution in [0.3, 0.4) is 0 Å². The summed E-state index contributed by atoms with van der Waals surface area (Å²) in [6.45, 7) is 3.71. The predicted octanol–water partition coefficient (Wildman–Crippen LogP) is 3.53. The van der Waals surface area contributed by atoms with E-state index in [1.54, 1.807) is 22.7 Å². The van der Waals surface area contributed by atoms with Crippen LogP contribution in [-0.4, -0.2) is 28.9 Å². The van der Waals surface area contributed by atoms with Crippen LogP contribution in [-0.2, 0) is 0 Å². The number of hydrogen-bond acceptors (Lipinski definition) is 4. The summed E-state index contributed by atoms with van der Waals surface area (Å²) >= 11 is 3.24. The normalized spacial score (nSPS) is 19.6. The number of carbonyl (C=O) groups is 1. The van der Waals surface area contributed by atoms with Crippen molar-refractivity contribution >= 4 is 28.6 Å². The zero-order chi connectivity index (χ0) is 13.2. The van der Waals surface area contributed by atoms with Crippen molar-refractivity contribution in [3.63, 3.8) is 0 Å². The number of aromatic nitrogens is 1. The second-order valence-electron chi connectivity index (χ2n) is 4.95. The van der Waals surface area contributed by atoms with Crippen LogP contribution in [0.4, 0.5) is 0 Å². The number of carbonyl (C=O) groups excluding carboxylic acids is 1. The van der Waals surface area contributed by atoms with Gasteiger partial charge in [-0.1, -0.05) is 0 Å². The highest BCUT2D eigenvalue weighted by atomic mass is 32.1. The second kappa shape index (κ2) is 5.43. The summed E-state index contributed by atoms with van der Waals surface area (Å²) in [6.07, 6.45) is 4.06. The maximum absolute atomic E-state index is 12.4. The van der Waals surface area contributed by atoms with Gasteiger partial charge in [-0.3, -0.25) is 4.79 Å². The molecule has 3 rings (SSSR count). The van der Waals surface area contributed by atoms with Gasteiger partial charge in [0.15, 0.2) is 0 Å². The third-order valence-corrected chi connectivity index (χ3v) is 5.42. The molecule has 1 fully saturated rings. The van der Waals surface area contributed by atoms with Gasteiger partial charge >= 0.3 is 0 Å². The van der Waals surface area contributed by atoms with E-state index < -0.39 is 0 Å². The number of likely N-dealkylation sites (tertiary alicyclic amines) is 1.